The Morgan fingerprint density at radius 1 is 1.09 bits per heavy atom. The summed E-state index contributed by atoms with van der Waals surface area (Å²) >= 11 is 1.68. The Bertz CT molecular complexity index is 1220. The van der Waals surface area contributed by atoms with Crippen LogP contribution in [-0.2, 0) is 13.1 Å². The van der Waals surface area contributed by atoms with Gasteiger partial charge in [0.15, 0.2) is 0 Å². The van der Waals surface area contributed by atoms with E-state index in [0.717, 1.165) is 30.6 Å². The Labute approximate surface area is 184 Å². The molecular weight excluding hydrogens is 443 g/mol. The van der Waals surface area contributed by atoms with Crippen molar-refractivity contribution in [3.05, 3.63) is 52.9 Å². The Morgan fingerprint density at radius 3 is 2.69 bits per heavy atom. The van der Waals surface area contributed by atoms with E-state index in [9.17, 15) is 13.2 Å². The number of thiophene rings is 1. The van der Waals surface area contributed by atoms with Crippen molar-refractivity contribution in [1.29, 1.82) is 0 Å². The van der Waals surface area contributed by atoms with Crippen LogP contribution in [0.3, 0.4) is 0 Å². The van der Waals surface area contributed by atoms with E-state index in [0.29, 0.717) is 5.69 Å². The molecular formula is C20H18F3N7OS. The average molecular weight is 461 g/mol. The Balaban J connectivity index is 1.27. The molecule has 4 aromatic heterocycles. The predicted molar refractivity (Wildman–Crippen MR) is 109 cm³/mol. The van der Waals surface area contributed by atoms with Crippen LogP contribution in [0, 0.1) is 5.82 Å². The standard InChI is InChI=1S/C20H18F3N7OS/c21-14-7-12(19-26-27-20(31-19)18(22)23)8-24-15(14)10-30-11-16(25-28-30)17-4-3-13(32-17)9-29-5-1-2-6-29/h3-4,7-8,11,18H,1-2,5-6,9-10H2. The molecule has 0 aromatic carbocycles. The lowest BCUT2D eigenvalue weighted by atomic mass is 10.2. The molecule has 0 radical (unpaired) electrons. The second-order valence-corrected chi connectivity index (χ2v) is 8.62. The SMILES string of the molecule is Fc1cc(-c2nnc(C(F)F)o2)cnc1Cn1cc(-c2ccc(CN3CCCC3)s2)nn1. The second kappa shape index (κ2) is 8.79. The van der Waals surface area contributed by atoms with Gasteiger partial charge >= 0.3 is 6.43 Å². The molecule has 0 saturated carbocycles. The van der Waals surface area contributed by atoms with Crippen molar-refractivity contribution < 1.29 is 17.6 Å². The predicted octanol–water partition coefficient (Wildman–Crippen LogP) is 4.17. The highest BCUT2D eigenvalue weighted by atomic mass is 32.1. The van der Waals surface area contributed by atoms with Gasteiger partial charge in [-0.2, -0.15) is 8.78 Å². The number of hydrogen-bond acceptors (Lipinski definition) is 8. The largest absolute Gasteiger partial charge is 0.415 e. The van der Waals surface area contributed by atoms with Gasteiger partial charge in [0.05, 0.1) is 28.9 Å². The number of likely N-dealkylation sites (tertiary alicyclic amines) is 1. The van der Waals surface area contributed by atoms with Crippen molar-refractivity contribution in [1.82, 2.24) is 35.1 Å². The number of nitrogens with zero attached hydrogens (tertiary/aromatic N) is 7. The fourth-order valence-corrected chi connectivity index (χ4v) is 4.54. The molecule has 0 atom stereocenters. The maximum Gasteiger partial charge on any atom is 0.314 e. The Morgan fingerprint density at radius 2 is 1.94 bits per heavy atom. The maximum absolute atomic E-state index is 14.5. The average Bonchev–Trinajstić information content (AvgIpc) is 3.57. The van der Waals surface area contributed by atoms with E-state index in [1.54, 1.807) is 17.5 Å². The maximum atomic E-state index is 14.5. The monoisotopic (exact) mass is 461 g/mol. The zero-order chi connectivity index (χ0) is 22.1. The third-order valence-electron chi connectivity index (χ3n) is 5.13. The van der Waals surface area contributed by atoms with Gasteiger partial charge in [-0.05, 0) is 44.1 Å². The molecule has 0 aliphatic carbocycles. The van der Waals surface area contributed by atoms with Gasteiger partial charge < -0.3 is 4.42 Å². The zero-order valence-electron chi connectivity index (χ0n) is 16.8. The first-order valence-electron chi connectivity index (χ1n) is 10.0. The molecule has 8 nitrogen and oxygen atoms in total. The van der Waals surface area contributed by atoms with Gasteiger partial charge in [-0.1, -0.05) is 5.21 Å². The van der Waals surface area contributed by atoms with Gasteiger partial charge in [0.2, 0.25) is 5.89 Å². The summed E-state index contributed by atoms with van der Waals surface area (Å²) in [5.74, 6) is -1.68. The molecule has 0 unspecified atom stereocenters. The van der Waals surface area contributed by atoms with Crippen LogP contribution in [0.25, 0.3) is 22.0 Å². The molecule has 1 saturated heterocycles. The minimum atomic E-state index is -2.89. The fraction of sp³-hybridized carbons (Fsp3) is 0.350. The number of pyridine rings is 1. The number of alkyl halides is 2. The molecule has 5 heterocycles. The first-order chi connectivity index (χ1) is 15.5. The lowest BCUT2D eigenvalue weighted by Gasteiger charge is -2.12. The van der Waals surface area contributed by atoms with Gasteiger partial charge in [-0.15, -0.1) is 26.6 Å². The van der Waals surface area contributed by atoms with Crippen molar-refractivity contribution >= 4 is 11.3 Å². The van der Waals surface area contributed by atoms with Gasteiger partial charge in [0.25, 0.3) is 5.89 Å². The van der Waals surface area contributed by atoms with E-state index in [1.165, 1.54) is 28.6 Å². The van der Waals surface area contributed by atoms with Crippen molar-refractivity contribution in [2.75, 3.05) is 13.1 Å². The van der Waals surface area contributed by atoms with Crippen molar-refractivity contribution in [2.45, 2.75) is 32.4 Å². The first kappa shape index (κ1) is 20.8. The summed E-state index contributed by atoms with van der Waals surface area (Å²) < 4.78 is 46.1. The van der Waals surface area contributed by atoms with Crippen molar-refractivity contribution in [3.63, 3.8) is 0 Å². The highest BCUT2D eigenvalue weighted by Crippen LogP contribution is 2.28. The van der Waals surface area contributed by atoms with E-state index in [1.807, 2.05) is 6.07 Å². The molecule has 5 rings (SSSR count). The van der Waals surface area contributed by atoms with E-state index >= 15 is 0 Å². The van der Waals surface area contributed by atoms with E-state index < -0.39 is 18.1 Å². The molecule has 1 aliphatic rings. The fourth-order valence-electron chi connectivity index (χ4n) is 3.54. The summed E-state index contributed by atoms with van der Waals surface area (Å²) in [6, 6.07) is 5.25. The third-order valence-corrected chi connectivity index (χ3v) is 6.23. The summed E-state index contributed by atoms with van der Waals surface area (Å²) in [5, 5.41) is 15.0. The summed E-state index contributed by atoms with van der Waals surface area (Å²) in [5.41, 5.74) is 0.957. The highest BCUT2D eigenvalue weighted by Gasteiger charge is 2.19. The van der Waals surface area contributed by atoms with E-state index in [4.69, 9.17) is 4.42 Å². The van der Waals surface area contributed by atoms with Crippen LogP contribution in [0.2, 0.25) is 0 Å². The van der Waals surface area contributed by atoms with E-state index in [-0.39, 0.29) is 23.7 Å². The Kier molecular flexibility index (Phi) is 5.70. The second-order valence-electron chi connectivity index (χ2n) is 7.45. The lowest BCUT2D eigenvalue weighted by Crippen LogP contribution is -2.17. The quantitative estimate of drug-likeness (QED) is 0.408. The smallest absolute Gasteiger partial charge is 0.314 e. The number of halogens is 3. The van der Waals surface area contributed by atoms with E-state index in [2.05, 4.69) is 36.5 Å². The summed E-state index contributed by atoms with van der Waals surface area (Å²) in [6.07, 6.45) is 2.65. The molecule has 12 heteroatoms. The molecule has 0 bridgehead atoms. The number of hydrogen-bond donors (Lipinski definition) is 0. The molecule has 0 spiro atoms. The molecule has 0 N–H and O–H groups in total. The van der Waals surface area contributed by atoms with Crippen molar-refractivity contribution in [3.8, 4) is 22.0 Å². The molecule has 0 amide bonds. The van der Waals surface area contributed by atoms with Gasteiger partial charge in [0.1, 0.15) is 11.5 Å². The first-order valence-corrected chi connectivity index (χ1v) is 10.8. The normalized spacial score (nSPS) is 14.6. The van der Waals surface area contributed by atoms with Gasteiger partial charge in [-0.3, -0.25) is 9.88 Å². The molecule has 166 valence electrons. The van der Waals surface area contributed by atoms with Crippen LogP contribution >= 0.6 is 11.3 Å². The summed E-state index contributed by atoms with van der Waals surface area (Å²) in [6.45, 7) is 3.29. The molecule has 32 heavy (non-hydrogen) atoms. The molecule has 4 aromatic rings. The van der Waals surface area contributed by atoms with Crippen LogP contribution in [0.5, 0.6) is 0 Å². The molecule has 1 aliphatic heterocycles. The highest BCUT2D eigenvalue weighted by molar-refractivity contribution is 7.15. The van der Waals surface area contributed by atoms with Crippen LogP contribution in [0.15, 0.2) is 35.0 Å². The van der Waals surface area contributed by atoms with Crippen LogP contribution in [0.1, 0.15) is 35.7 Å². The number of aromatic nitrogens is 6. The van der Waals surface area contributed by atoms with Gasteiger partial charge in [-0.25, -0.2) is 9.07 Å². The third kappa shape index (κ3) is 4.41. The van der Waals surface area contributed by atoms with Crippen LogP contribution in [-0.4, -0.2) is 48.2 Å². The minimum Gasteiger partial charge on any atom is -0.415 e. The molecule has 1 fully saturated rings. The van der Waals surface area contributed by atoms with Crippen LogP contribution < -0.4 is 0 Å². The zero-order valence-corrected chi connectivity index (χ0v) is 17.6. The topological polar surface area (TPSA) is 85.8 Å². The lowest BCUT2D eigenvalue weighted by molar-refractivity contribution is 0.116. The van der Waals surface area contributed by atoms with Crippen LogP contribution in [0.4, 0.5) is 13.2 Å². The Hall–Kier alpha value is -3.12. The number of rotatable bonds is 7. The minimum absolute atomic E-state index is 0.0667. The summed E-state index contributed by atoms with van der Waals surface area (Å²) in [4.78, 5) is 8.78. The van der Waals surface area contributed by atoms with Gasteiger partial charge in [0, 0.05) is 17.6 Å². The summed E-state index contributed by atoms with van der Waals surface area (Å²) in [7, 11) is 0. The van der Waals surface area contributed by atoms with Crippen molar-refractivity contribution in [2.24, 2.45) is 0 Å².